The van der Waals surface area contributed by atoms with E-state index in [-0.39, 0.29) is 16.6 Å². The molecule has 154 valence electrons. The largest absolute Gasteiger partial charge is 0.451 e. The van der Waals surface area contributed by atoms with Crippen LogP contribution in [0.3, 0.4) is 0 Å². The number of aromatic nitrogens is 1. The molecule has 2 aromatic heterocycles. The van der Waals surface area contributed by atoms with E-state index in [0.717, 1.165) is 23.8 Å². The number of benzene rings is 2. The molecule has 0 bridgehead atoms. The van der Waals surface area contributed by atoms with Crippen LogP contribution in [0, 0.1) is 6.92 Å². The second-order valence-electron chi connectivity index (χ2n) is 7.27. The summed E-state index contributed by atoms with van der Waals surface area (Å²) in [6, 6.07) is 12.4. The molecule has 30 heavy (non-hydrogen) atoms. The maximum atomic E-state index is 12.8. The van der Waals surface area contributed by atoms with Crippen molar-refractivity contribution in [3.05, 3.63) is 53.8 Å². The van der Waals surface area contributed by atoms with Gasteiger partial charge in [-0.15, -0.1) is 0 Å². The first-order valence-electron chi connectivity index (χ1n) is 9.64. The number of hydrogen-bond acceptors (Lipinski definition) is 6. The van der Waals surface area contributed by atoms with E-state index in [9.17, 15) is 13.2 Å². The van der Waals surface area contributed by atoms with Gasteiger partial charge in [0.05, 0.1) is 15.1 Å². The summed E-state index contributed by atoms with van der Waals surface area (Å²) in [7, 11) is -3.50. The number of nitrogens with one attached hydrogen (secondary N) is 1. The van der Waals surface area contributed by atoms with Crippen molar-refractivity contribution < 1.29 is 17.6 Å². The number of thiazole rings is 1. The minimum atomic E-state index is -3.50. The summed E-state index contributed by atoms with van der Waals surface area (Å²) in [5.74, 6) is -0.138. The standard InChI is InChI=1S/C21H19N3O4S2/c1-13-15-6-2-3-7-17(15)28-19(13)20(25)23-21-22-16-9-8-14(12-18(16)29-21)30(26,27)24-10-4-5-11-24/h2-3,6-9,12H,4-5,10-11H2,1H3,(H,22,23,25). The minimum absolute atomic E-state index is 0.243. The number of sulfonamides is 1. The minimum Gasteiger partial charge on any atom is -0.451 e. The highest BCUT2D eigenvalue weighted by Crippen LogP contribution is 2.31. The van der Waals surface area contributed by atoms with Crippen LogP contribution in [-0.2, 0) is 10.0 Å². The van der Waals surface area contributed by atoms with Crippen molar-refractivity contribution in [1.29, 1.82) is 0 Å². The monoisotopic (exact) mass is 441 g/mol. The lowest BCUT2D eigenvalue weighted by atomic mass is 10.1. The van der Waals surface area contributed by atoms with E-state index in [2.05, 4.69) is 10.3 Å². The number of rotatable bonds is 4. The lowest BCUT2D eigenvalue weighted by molar-refractivity contribution is 0.0998. The summed E-state index contributed by atoms with van der Waals surface area (Å²) in [5, 5.41) is 4.06. The molecule has 0 unspecified atom stereocenters. The van der Waals surface area contributed by atoms with Gasteiger partial charge in [0, 0.05) is 24.0 Å². The van der Waals surface area contributed by atoms with Gasteiger partial charge in [0.15, 0.2) is 10.9 Å². The first-order chi connectivity index (χ1) is 14.4. The van der Waals surface area contributed by atoms with Gasteiger partial charge in [0.2, 0.25) is 10.0 Å². The topological polar surface area (TPSA) is 92.5 Å². The number of carbonyl (C=O) groups excluding carboxylic acids is 1. The molecule has 1 aliphatic heterocycles. The Kier molecular flexibility index (Phi) is 4.61. The van der Waals surface area contributed by atoms with Gasteiger partial charge in [-0.25, -0.2) is 13.4 Å². The third-order valence-electron chi connectivity index (χ3n) is 5.33. The van der Waals surface area contributed by atoms with Crippen LogP contribution in [0.25, 0.3) is 21.2 Å². The average Bonchev–Trinajstić information content (AvgIpc) is 3.46. The molecule has 2 aromatic carbocycles. The van der Waals surface area contributed by atoms with E-state index >= 15 is 0 Å². The summed E-state index contributed by atoms with van der Waals surface area (Å²) in [6.45, 7) is 2.96. The Morgan fingerprint density at radius 1 is 1.17 bits per heavy atom. The first kappa shape index (κ1) is 19.2. The van der Waals surface area contributed by atoms with Crippen molar-refractivity contribution >= 4 is 53.6 Å². The van der Waals surface area contributed by atoms with E-state index in [1.165, 1.54) is 15.6 Å². The van der Waals surface area contributed by atoms with E-state index in [1.54, 1.807) is 18.2 Å². The van der Waals surface area contributed by atoms with Crippen LogP contribution >= 0.6 is 11.3 Å². The molecule has 1 aliphatic rings. The summed E-state index contributed by atoms with van der Waals surface area (Å²) in [4.78, 5) is 17.4. The van der Waals surface area contributed by atoms with Gasteiger partial charge < -0.3 is 4.42 Å². The summed E-state index contributed by atoms with van der Waals surface area (Å²) in [5.41, 5.74) is 2.06. The van der Waals surface area contributed by atoms with Gasteiger partial charge >= 0.3 is 0 Å². The number of carbonyl (C=O) groups is 1. The number of fused-ring (bicyclic) bond motifs is 2. The molecule has 0 aliphatic carbocycles. The van der Waals surface area contributed by atoms with Crippen molar-refractivity contribution in [3.8, 4) is 0 Å². The van der Waals surface area contributed by atoms with E-state index in [0.29, 0.717) is 34.0 Å². The van der Waals surface area contributed by atoms with E-state index in [4.69, 9.17) is 4.42 Å². The molecule has 3 heterocycles. The van der Waals surface area contributed by atoms with Gasteiger partial charge in [-0.3, -0.25) is 10.1 Å². The molecule has 4 aromatic rings. The smallest absolute Gasteiger partial charge is 0.293 e. The second kappa shape index (κ2) is 7.19. The van der Waals surface area contributed by atoms with Crippen LogP contribution < -0.4 is 5.32 Å². The van der Waals surface area contributed by atoms with Crippen LogP contribution in [0.2, 0.25) is 0 Å². The van der Waals surface area contributed by atoms with Crippen LogP contribution in [0.4, 0.5) is 5.13 Å². The number of hydrogen-bond donors (Lipinski definition) is 1. The number of nitrogens with zero attached hydrogens (tertiary/aromatic N) is 2. The molecule has 0 atom stereocenters. The van der Waals surface area contributed by atoms with E-state index < -0.39 is 10.0 Å². The van der Waals surface area contributed by atoms with Gasteiger partial charge in [-0.2, -0.15) is 4.31 Å². The van der Waals surface area contributed by atoms with Gasteiger partial charge in [0.1, 0.15) is 5.58 Å². The number of amides is 1. The fourth-order valence-corrected chi connectivity index (χ4v) is 6.26. The van der Waals surface area contributed by atoms with Crippen molar-refractivity contribution in [2.24, 2.45) is 0 Å². The number of para-hydroxylation sites is 1. The Morgan fingerprint density at radius 2 is 1.93 bits per heavy atom. The number of anilines is 1. The van der Waals surface area contributed by atoms with Gasteiger partial charge in [0.25, 0.3) is 5.91 Å². The zero-order valence-electron chi connectivity index (χ0n) is 16.2. The molecule has 1 N–H and O–H groups in total. The number of furan rings is 1. The molecular weight excluding hydrogens is 422 g/mol. The Morgan fingerprint density at radius 3 is 2.70 bits per heavy atom. The summed E-state index contributed by atoms with van der Waals surface area (Å²) in [6.07, 6.45) is 1.78. The Bertz CT molecular complexity index is 1380. The molecule has 7 nitrogen and oxygen atoms in total. The lowest BCUT2D eigenvalue weighted by Crippen LogP contribution is -2.27. The zero-order valence-corrected chi connectivity index (χ0v) is 17.8. The fourth-order valence-electron chi connectivity index (χ4n) is 3.74. The SMILES string of the molecule is Cc1c(C(=O)Nc2nc3ccc(S(=O)(=O)N4CCCC4)cc3s2)oc2ccccc12. The predicted molar refractivity (Wildman–Crippen MR) is 117 cm³/mol. The maximum absolute atomic E-state index is 12.8. The van der Waals surface area contributed by atoms with Crippen LogP contribution in [0.15, 0.2) is 51.8 Å². The third kappa shape index (κ3) is 3.19. The quantitative estimate of drug-likeness (QED) is 0.507. The van der Waals surface area contributed by atoms with Gasteiger partial charge in [-0.1, -0.05) is 29.5 Å². The van der Waals surface area contributed by atoms with Crippen molar-refractivity contribution in [2.45, 2.75) is 24.7 Å². The van der Waals surface area contributed by atoms with Crippen molar-refractivity contribution in [3.63, 3.8) is 0 Å². The predicted octanol–water partition coefficient (Wildman–Crippen LogP) is 4.39. The zero-order chi connectivity index (χ0) is 20.9. The van der Waals surface area contributed by atoms with Crippen LogP contribution in [0.5, 0.6) is 0 Å². The highest BCUT2D eigenvalue weighted by Gasteiger charge is 2.27. The molecule has 9 heteroatoms. The Balaban J connectivity index is 1.43. The van der Waals surface area contributed by atoms with Gasteiger partial charge in [-0.05, 0) is 44.0 Å². The van der Waals surface area contributed by atoms with E-state index in [1.807, 2.05) is 31.2 Å². The molecular formula is C21H19N3O4S2. The summed E-state index contributed by atoms with van der Waals surface area (Å²) >= 11 is 1.24. The normalized spacial score (nSPS) is 15.2. The van der Waals surface area contributed by atoms with Crippen LogP contribution in [-0.4, -0.2) is 36.7 Å². The van der Waals surface area contributed by atoms with Crippen molar-refractivity contribution in [1.82, 2.24) is 9.29 Å². The maximum Gasteiger partial charge on any atom is 0.293 e. The van der Waals surface area contributed by atoms with Crippen molar-refractivity contribution in [2.75, 3.05) is 18.4 Å². The molecule has 0 saturated carbocycles. The highest BCUT2D eigenvalue weighted by molar-refractivity contribution is 7.89. The molecule has 1 amide bonds. The Hall–Kier alpha value is -2.75. The Labute approximate surface area is 177 Å². The average molecular weight is 442 g/mol. The third-order valence-corrected chi connectivity index (χ3v) is 8.16. The number of aryl methyl sites for hydroxylation is 1. The molecule has 0 radical (unpaired) electrons. The first-order valence-corrected chi connectivity index (χ1v) is 11.9. The summed E-state index contributed by atoms with van der Waals surface area (Å²) < 4.78 is 33.5. The lowest BCUT2D eigenvalue weighted by Gasteiger charge is -2.15. The fraction of sp³-hybridized carbons (Fsp3) is 0.238. The molecule has 0 spiro atoms. The molecule has 1 saturated heterocycles. The molecule has 1 fully saturated rings. The van der Waals surface area contributed by atoms with Crippen LogP contribution in [0.1, 0.15) is 29.0 Å². The highest BCUT2D eigenvalue weighted by atomic mass is 32.2. The molecule has 5 rings (SSSR count). The second-order valence-corrected chi connectivity index (χ2v) is 10.2.